The van der Waals surface area contributed by atoms with Crippen molar-refractivity contribution in [1.29, 1.82) is 0 Å². The van der Waals surface area contributed by atoms with Gasteiger partial charge in [-0.1, -0.05) is 13.8 Å². The van der Waals surface area contributed by atoms with Gasteiger partial charge in [0.2, 0.25) is 5.82 Å². The second kappa shape index (κ2) is 6.22. The summed E-state index contributed by atoms with van der Waals surface area (Å²) in [6.07, 6.45) is 3.02. The van der Waals surface area contributed by atoms with Crippen LogP contribution in [0.4, 0.5) is 0 Å². The molecule has 1 aromatic heterocycles. The van der Waals surface area contributed by atoms with E-state index in [1.807, 2.05) is 13.8 Å². The Hall–Kier alpha value is -1.43. The maximum Gasteiger partial charge on any atom is 0.291 e. The fraction of sp³-hybridized carbons (Fsp3) is 0.700. The minimum absolute atomic E-state index is 0.0453. The third kappa shape index (κ3) is 2.79. The number of aliphatic hydroxyl groups excluding tert-OH is 1. The van der Waals surface area contributed by atoms with E-state index in [2.05, 4.69) is 15.2 Å². The van der Waals surface area contributed by atoms with Crippen molar-refractivity contribution in [3.05, 3.63) is 12.2 Å². The maximum absolute atomic E-state index is 12.0. The smallest absolute Gasteiger partial charge is 0.291 e. The van der Waals surface area contributed by atoms with Crippen molar-refractivity contribution < 1.29 is 9.90 Å². The van der Waals surface area contributed by atoms with Crippen LogP contribution in [0.25, 0.3) is 0 Å². The summed E-state index contributed by atoms with van der Waals surface area (Å²) in [5.41, 5.74) is 0. The fourth-order valence-corrected chi connectivity index (χ4v) is 1.73. The first-order valence-electron chi connectivity index (χ1n) is 5.51. The lowest BCUT2D eigenvalue weighted by Gasteiger charge is -2.29. The van der Waals surface area contributed by atoms with E-state index in [-0.39, 0.29) is 24.4 Å². The van der Waals surface area contributed by atoms with Crippen molar-refractivity contribution in [2.24, 2.45) is 0 Å². The van der Waals surface area contributed by atoms with Gasteiger partial charge in [-0.2, -0.15) is 5.10 Å². The lowest BCUT2D eigenvalue weighted by molar-refractivity contribution is 0.0610. The quantitative estimate of drug-likeness (QED) is 0.736. The van der Waals surface area contributed by atoms with E-state index in [4.69, 9.17) is 5.11 Å². The highest BCUT2D eigenvalue weighted by Gasteiger charge is 2.23. The minimum atomic E-state index is -0.208. The molecule has 1 heterocycles. The van der Waals surface area contributed by atoms with Crippen LogP contribution in [-0.2, 0) is 0 Å². The first-order valence-corrected chi connectivity index (χ1v) is 5.51. The van der Waals surface area contributed by atoms with Crippen LogP contribution < -0.4 is 0 Å². The normalized spacial score (nSPS) is 10.8. The first-order chi connectivity index (χ1) is 7.74. The molecule has 0 saturated heterocycles. The van der Waals surface area contributed by atoms with Gasteiger partial charge in [-0.25, -0.2) is 4.98 Å². The molecule has 6 nitrogen and oxygen atoms in total. The van der Waals surface area contributed by atoms with Crippen molar-refractivity contribution >= 4 is 5.91 Å². The van der Waals surface area contributed by atoms with Crippen LogP contribution in [-0.4, -0.2) is 50.3 Å². The predicted molar refractivity (Wildman–Crippen MR) is 58.9 cm³/mol. The summed E-state index contributed by atoms with van der Waals surface area (Å²) >= 11 is 0. The minimum Gasteiger partial charge on any atom is -0.395 e. The SMILES string of the molecule is CCC(CC)N(CCO)C(=O)c1ncn[nH]1. The van der Waals surface area contributed by atoms with Gasteiger partial charge in [0.05, 0.1) is 6.61 Å². The molecule has 0 radical (unpaired) electrons. The molecule has 0 aliphatic rings. The van der Waals surface area contributed by atoms with E-state index in [1.165, 1.54) is 6.33 Å². The molecule has 0 spiro atoms. The van der Waals surface area contributed by atoms with Crippen LogP contribution in [0.5, 0.6) is 0 Å². The number of carbonyl (C=O) groups excluding carboxylic acids is 1. The summed E-state index contributed by atoms with van der Waals surface area (Å²) in [4.78, 5) is 17.5. The number of nitrogens with one attached hydrogen (secondary N) is 1. The van der Waals surface area contributed by atoms with Crippen molar-refractivity contribution in [2.75, 3.05) is 13.2 Å². The number of hydrogen-bond acceptors (Lipinski definition) is 4. The molecule has 0 unspecified atom stereocenters. The molecule has 0 aliphatic heterocycles. The molecule has 0 saturated carbocycles. The van der Waals surface area contributed by atoms with Gasteiger partial charge in [-0.05, 0) is 12.8 Å². The Morgan fingerprint density at radius 2 is 2.25 bits per heavy atom. The molecular formula is C10H18N4O2. The van der Waals surface area contributed by atoms with Crippen molar-refractivity contribution in [3.63, 3.8) is 0 Å². The molecule has 0 aliphatic carbocycles. The number of carbonyl (C=O) groups is 1. The van der Waals surface area contributed by atoms with Crippen LogP contribution >= 0.6 is 0 Å². The molecule has 0 atom stereocenters. The van der Waals surface area contributed by atoms with Crippen LogP contribution in [0.1, 0.15) is 37.3 Å². The Kier molecular flexibility index (Phi) is 4.91. The van der Waals surface area contributed by atoms with Crippen molar-refractivity contribution in [1.82, 2.24) is 20.1 Å². The highest BCUT2D eigenvalue weighted by atomic mass is 16.3. The Morgan fingerprint density at radius 3 is 2.69 bits per heavy atom. The van der Waals surface area contributed by atoms with Gasteiger partial charge in [-0.3, -0.25) is 9.89 Å². The molecular weight excluding hydrogens is 208 g/mol. The predicted octanol–water partition coefficient (Wildman–Crippen LogP) is 0.428. The van der Waals surface area contributed by atoms with Crippen LogP contribution in [0.15, 0.2) is 6.33 Å². The number of hydrogen-bond donors (Lipinski definition) is 2. The van der Waals surface area contributed by atoms with Gasteiger partial charge in [0.25, 0.3) is 5.91 Å². The van der Waals surface area contributed by atoms with Gasteiger partial charge in [-0.15, -0.1) is 0 Å². The summed E-state index contributed by atoms with van der Waals surface area (Å²) in [6.45, 7) is 4.32. The van der Waals surface area contributed by atoms with Crippen LogP contribution in [0, 0.1) is 0 Å². The number of amides is 1. The van der Waals surface area contributed by atoms with Gasteiger partial charge in [0, 0.05) is 12.6 Å². The number of aliphatic hydroxyl groups is 1. The zero-order valence-electron chi connectivity index (χ0n) is 9.68. The Labute approximate surface area is 94.7 Å². The largest absolute Gasteiger partial charge is 0.395 e. The molecule has 0 fully saturated rings. The third-order valence-electron chi connectivity index (χ3n) is 2.60. The van der Waals surface area contributed by atoms with E-state index < -0.39 is 0 Å². The summed E-state index contributed by atoms with van der Waals surface area (Å²) in [5.74, 6) is 0.0144. The molecule has 1 aromatic rings. The molecule has 1 amide bonds. The van der Waals surface area contributed by atoms with E-state index in [0.717, 1.165) is 12.8 Å². The second-order valence-electron chi connectivity index (χ2n) is 3.53. The standard InChI is InChI=1S/C10H18N4O2/c1-3-8(4-2)14(5-6-15)10(16)9-11-7-12-13-9/h7-8,15H,3-6H2,1-2H3,(H,11,12,13). The maximum atomic E-state index is 12.0. The number of aromatic amines is 1. The van der Waals surface area contributed by atoms with E-state index >= 15 is 0 Å². The summed E-state index contributed by atoms with van der Waals surface area (Å²) in [7, 11) is 0. The van der Waals surface area contributed by atoms with Gasteiger partial charge in [0.1, 0.15) is 6.33 Å². The monoisotopic (exact) mass is 226 g/mol. The lowest BCUT2D eigenvalue weighted by Crippen LogP contribution is -2.42. The average molecular weight is 226 g/mol. The number of rotatable bonds is 6. The summed E-state index contributed by atoms with van der Waals surface area (Å²) in [5, 5.41) is 15.2. The zero-order valence-corrected chi connectivity index (χ0v) is 9.68. The zero-order chi connectivity index (χ0) is 12.0. The third-order valence-corrected chi connectivity index (χ3v) is 2.60. The van der Waals surface area contributed by atoms with Crippen LogP contribution in [0.2, 0.25) is 0 Å². The Bertz CT molecular complexity index is 309. The van der Waals surface area contributed by atoms with Crippen molar-refractivity contribution in [3.8, 4) is 0 Å². The fourth-order valence-electron chi connectivity index (χ4n) is 1.73. The molecule has 1 rings (SSSR count). The lowest BCUT2D eigenvalue weighted by atomic mass is 10.1. The summed E-state index contributed by atoms with van der Waals surface area (Å²) < 4.78 is 0. The van der Waals surface area contributed by atoms with Gasteiger partial charge in [0.15, 0.2) is 0 Å². The molecule has 6 heteroatoms. The topological polar surface area (TPSA) is 82.1 Å². The van der Waals surface area contributed by atoms with Crippen molar-refractivity contribution in [2.45, 2.75) is 32.7 Å². The molecule has 0 aromatic carbocycles. The molecule has 16 heavy (non-hydrogen) atoms. The number of nitrogens with zero attached hydrogens (tertiary/aromatic N) is 3. The Morgan fingerprint density at radius 1 is 1.56 bits per heavy atom. The Balaban J connectivity index is 2.80. The van der Waals surface area contributed by atoms with Gasteiger partial charge < -0.3 is 10.0 Å². The first kappa shape index (κ1) is 12.6. The number of H-pyrrole nitrogens is 1. The van der Waals surface area contributed by atoms with E-state index in [9.17, 15) is 4.79 Å². The van der Waals surface area contributed by atoms with E-state index in [0.29, 0.717) is 6.54 Å². The summed E-state index contributed by atoms with van der Waals surface area (Å²) in [6, 6.07) is 0.129. The number of aromatic nitrogens is 3. The van der Waals surface area contributed by atoms with Crippen LogP contribution in [0.3, 0.4) is 0 Å². The van der Waals surface area contributed by atoms with E-state index in [1.54, 1.807) is 4.90 Å². The molecule has 0 bridgehead atoms. The second-order valence-corrected chi connectivity index (χ2v) is 3.53. The highest BCUT2D eigenvalue weighted by molar-refractivity contribution is 5.90. The molecule has 2 N–H and O–H groups in total. The van der Waals surface area contributed by atoms with Gasteiger partial charge >= 0.3 is 0 Å². The average Bonchev–Trinajstić information content (AvgIpc) is 2.82. The molecule has 90 valence electrons. The highest BCUT2D eigenvalue weighted by Crippen LogP contribution is 2.10.